The standard InChI is InChI=1S/C6H5NO2.3ClH.V/c8-6(9)5-3-1-2-4-7-5;;;;/h1-4H,(H,8,9);3*1H;/q;;;;+4/p-4. The van der Waals surface area contributed by atoms with Crippen molar-refractivity contribution in [2.45, 2.75) is 0 Å². The van der Waals surface area contributed by atoms with Crippen LogP contribution in [0.15, 0.2) is 24.4 Å². The second-order valence-corrected chi connectivity index (χ2v) is 1.50. The Kier molecular flexibility index (Phi) is 21.5. The van der Waals surface area contributed by atoms with Crippen LogP contribution in [0, 0.1) is 0 Å². The Balaban J connectivity index is -0.000000101. The quantitative estimate of drug-likeness (QED) is 0.513. The molecule has 0 aliphatic heterocycles. The largest absolute Gasteiger partial charge is 4.00 e. The molecule has 0 aliphatic carbocycles. The van der Waals surface area contributed by atoms with Crippen molar-refractivity contribution in [2.75, 3.05) is 0 Å². The predicted molar refractivity (Wildman–Crippen MR) is 28.6 cm³/mol. The molecule has 0 spiro atoms. The minimum absolute atomic E-state index is 0. The van der Waals surface area contributed by atoms with Gasteiger partial charge in [-0.05, 0) is 12.1 Å². The van der Waals surface area contributed by atoms with Gasteiger partial charge in [0.1, 0.15) is 0 Å². The summed E-state index contributed by atoms with van der Waals surface area (Å²) in [6.45, 7) is 0. The topological polar surface area (TPSA) is 53.0 Å². The number of rotatable bonds is 1. The van der Waals surface area contributed by atoms with Gasteiger partial charge in [0.25, 0.3) is 0 Å². The van der Waals surface area contributed by atoms with Crippen LogP contribution >= 0.6 is 0 Å². The molecule has 0 saturated heterocycles. The molecular weight excluding hydrogens is 275 g/mol. The first-order chi connectivity index (χ1) is 4.30. The molecule has 0 bridgehead atoms. The van der Waals surface area contributed by atoms with Crippen molar-refractivity contribution in [2.24, 2.45) is 0 Å². The van der Waals surface area contributed by atoms with E-state index in [1.54, 1.807) is 12.1 Å². The number of hydrogen-bond acceptors (Lipinski definition) is 3. The number of pyridine rings is 1. The van der Waals surface area contributed by atoms with E-state index < -0.39 is 5.97 Å². The average molecular weight is 279 g/mol. The van der Waals surface area contributed by atoms with E-state index in [0.717, 1.165) is 0 Å². The zero-order valence-electron chi connectivity index (χ0n) is 6.15. The van der Waals surface area contributed by atoms with Gasteiger partial charge in [-0.25, -0.2) is 0 Å². The Morgan fingerprint density at radius 2 is 1.77 bits per heavy atom. The molecule has 0 aromatic carbocycles. The minimum Gasteiger partial charge on any atom is -1.00 e. The summed E-state index contributed by atoms with van der Waals surface area (Å²) in [5.74, 6) is -1.24. The van der Waals surface area contributed by atoms with Gasteiger partial charge >= 0.3 is 18.6 Å². The Morgan fingerprint density at radius 1 is 1.23 bits per heavy atom. The molecule has 1 rings (SSSR count). The number of carboxylic acids is 1. The first-order valence-electron chi connectivity index (χ1n) is 2.43. The summed E-state index contributed by atoms with van der Waals surface area (Å²) in [7, 11) is 0. The zero-order chi connectivity index (χ0) is 6.69. The monoisotopic (exact) mass is 278 g/mol. The molecule has 0 amide bonds. The first kappa shape index (κ1) is 23.1. The number of aromatic nitrogens is 1. The van der Waals surface area contributed by atoms with Crippen molar-refractivity contribution in [1.29, 1.82) is 0 Å². The van der Waals surface area contributed by atoms with Crippen molar-refractivity contribution in [3.05, 3.63) is 30.1 Å². The van der Waals surface area contributed by atoms with E-state index >= 15 is 0 Å². The molecule has 0 unspecified atom stereocenters. The summed E-state index contributed by atoms with van der Waals surface area (Å²) in [5.41, 5.74) is -0.0301. The van der Waals surface area contributed by atoms with Gasteiger partial charge in [-0.15, -0.1) is 0 Å². The third-order valence-electron chi connectivity index (χ3n) is 0.874. The van der Waals surface area contributed by atoms with Crippen molar-refractivity contribution in [3.63, 3.8) is 0 Å². The summed E-state index contributed by atoms with van der Waals surface area (Å²) in [6.07, 6.45) is 1.41. The van der Waals surface area contributed by atoms with E-state index in [2.05, 4.69) is 4.98 Å². The van der Waals surface area contributed by atoms with Gasteiger partial charge in [0.05, 0.1) is 11.7 Å². The van der Waals surface area contributed by atoms with Gasteiger partial charge in [-0.1, -0.05) is 6.07 Å². The molecule has 71 valence electrons. The number of nitrogens with zero attached hydrogens (tertiary/aromatic N) is 1. The number of carbonyl (C=O) groups is 1. The van der Waals surface area contributed by atoms with Gasteiger partial charge in [-0.3, -0.25) is 4.98 Å². The minimum atomic E-state index is -1.24. The van der Waals surface area contributed by atoms with Gasteiger partial charge in [0.2, 0.25) is 0 Å². The van der Waals surface area contributed by atoms with Crippen molar-refractivity contribution in [1.82, 2.24) is 4.98 Å². The van der Waals surface area contributed by atoms with Crippen molar-refractivity contribution < 1.29 is 65.7 Å². The molecule has 1 heterocycles. The summed E-state index contributed by atoms with van der Waals surface area (Å²) < 4.78 is 0. The number of carbonyl (C=O) groups excluding carboxylic acids is 1. The molecule has 0 saturated carbocycles. The van der Waals surface area contributed by atoms with E-state index in [1.165, 1.54) is 12.3 Å². The molecule has 1 radical (unpaired) electrons. The van der Waals surface area contributed by atoms with Crippen LogP contribution in [-0.2, 0) is 18.6 Å². The molecule has 3 nitrogen and oxygen atoms in total. The van der Waals surface area contributed by atoms with E-state index in [0.29, 0.717) is 0 Å². The van der Waals surface area contributed by atoms with Crippen LogP contribution in [0.25, 0.3) is 0 Å². The van der Waals surface area contributed by atoms with E-state index in [1.807, 2.05) is 0 Å². The molecule has 1 aromatic rings. The molecular formula is C6H4Cl3NO2V. The Morgan fingerprint density at radius 3 is 2.00 bits per heavy atom. The van der Waals surface area contributed by atoms with Gasteiger partial charge < -0.3 is 47.1 Å². The number of aromatic carboxylic acids is 1. The van der Waals surface area contributed by atoms with Gasteiger partial charge in [0.15, 0.2) is 0 Å². The number of carboxylic acid groups (broad SMARTS) is 1. The van der Waals surface area contributed by atoms with Crippen LogP contribution in [0.5, 0.6) is 0 Å². The van der Waals surface area contributed by atoms with Crippen LogP contribution in [0.2, 0.25) is 0 Å². The van der Waals surface area contributed by atoms with Crippen LogP contribution < -0.4 is 42.3 Å². The zero-order valence-corrected chi connectivity index (χ0v) is 9.82. The third-order valence-corrected chi connectivity index (χ3v) is 0.874. The maximum absolute atomic E-state index is 10.0. The van der Waals surface area contributed by atoms with Crippen molar-refractivity contribution >= 4 is 5.97 Å². The summed E-state index contributed by atoms with van der Waals surface area (Å²) >= 11 is 0. The second kappa shape index (κ2) is 12.1. The average Bonchev–Trinajstić information content (AvgIpc) is 1.90. The second-order valence-electron chi connectivity index (χ2n) is 1.50. The summed E-state index contributed by atoms with van der Waals surface area (Å²) in [5, 5.41) is 10.0. The molecule has 1 aromatic heterocycles. The van der Waals surface area contributed by atoms with E-state index in [9.17, 15) is 9.90 Å². The molecule has 0 N–H and O–H groups in total. The molecule has 0 atom stereocenters. The molecule has 0 fully saturated rings. The molecule has 13 heavy (non-hydrogen) atoms. The van der Waals surface area contributed by atoms with Gasteiger partial charge in [-0.2, -0.15) is 0 Å². The SMILES string of the molecule is O=C([O-])c1ccccn1.[Cl-].[Cl-].[Cl-].[V+4]. The van der Waals surface area contributed by atoms with Crippen LogP contribution in [0.1, 0.15) is 10.5 Å². The van der Waals surface area contributed by atoms with Gasteiger partial charge in [0, 0.05) is 6.20 Å². The third kappa shape index (κ3) is 8.41. The Bertz CT molecular complexity index is 222. The summed E-state index contributed by atoms with van der Waals surface area (Å²) in [6, 6.07) is 4.62. The fourth-order valence-electron chi connectivity index (χ4n) is 0.484. The van der Waals surface area contributed by atoms with Crippen LogP contribution in [0.3, 0.4) is 0 Å². The van der Waals surface area contributed by atoms with Crippen LogP contribution in [0.4, 0.5) is 0 Å². The van der Waals surface area contributed by atoms with E-state index in [4.69, 9.17) is 0 Å². The number of hydrogen-bond donors (Lipinski definition) is 0. The summed E-state index contributed by atoms with van der Waals surface area (Å²) in [4.78, 5) is 13.5. The maximum Gasteiger partial charge on any atom is 4.00 e. The van der Waals surface area contributed by atoms with E-state index in [-0.39, 0.29) is 61.5 Å². The maximum atomic E-state index is 10.0. The Hall–Kier alpha value is 0.0744. The Labute approximate surface area is 106 Å². The molecule has 7 heteroatoms. The predicted octanol–water partition coefficient (Wildman–Crippen LogP) is -9.55. The van der Waals surface area contributed by atoms with Crippen molar-refractivity contribution in [3.8, 4) is 0 Å². The van der Waals surface area contributed by atoms with Crippen LogP contribution in [-0.4, -0.2) is 11.0 Å². The normalized spacial score (nSPS) is 6.15. The number of halogens is 3. The fourth-order valence-corrected chi connectivity index (χ4v) is 0.484. The molecule has 0 aliphatic rings. The first-order valence-corrected chi connectivity index (χ1v) is 2.43. The smallest absolute Gasteiger partial charge is 1.00 e. The fraction of sp³-hybridized carbons (Fsp3) is 0.